The molecule has 0 aliphatic heterocycles. The molecule has 1 saturated carbocycles. The molecule has 2 heteroatoms. The molecule has 1 N–H and O–H groups in total. The Labute approximate surface area is 121 Å². The third-order valence-corrected chi connectivity index (χ3v) is 3.73. The standard InChI is InChI=1S/C18H22O2/c1-2-17(19)16-11-7-8-12-18(16)20-14-13-15-9-5-3-4-6-10-15/h1,7-8,11-13,17,19H,3-6,9-10,14H2. The van der Waals surface area contributed by atoms with Gasteiger partial charge in [0.25, 0.3) is 0 Å². The first-order chi connectivity index (χ1) is 9.81. The molecule has 1 aliphatic rings. The second kappa shape index (κ2) is 7.77. The summed E-state index contributed by atoms with van der Waals surface area (Å²) in [6, 6.07) is 7.40. The van der Waals surface area contributed by atoms with E-state index in [-0.39, 0.29) is 0 Å². The molecule has 1 fully saturated rings. The molecule has 1 aliphatic carbocycles. The van der Waals surface area contributed by atoms with Crippen molar-refractivity contribution >= 4 is 0 Å². The van der Waals surface area contributed by atoms with Crippen LogP contribution in [-0.2, 0) is 0 Å². The minimum absolute atomic E-state index is 0.545. The van der Waals surface area contributed by atoms with Gasteiger partial charge in [0.1, 0.15) is 18.5 Å². The molecule has 0 amide bonds. The lowest BCUT2D eigenvalue weighted by Gasteiger charge is -2.12. The Kier molecular flexibility index (Phi) is 5.70. The van der Waals surface area contributed by atoms with E-state index in [2.05, 4.69) is 12.0 Å². The zero-order chi connectivity index (χ0) is 14.2. The average molecular weight is 270 g/mol. The van der Waals surface area contributed by atoms with Crippen LogP contribution in [0.2, 0.25) is 0 Å². The molecule has 1 aromatic rings. The molecule has 106 valence electrons. The number of aliphatic hydroxyl groups excluding tert-OH is 1. The predicted molar refractivity (Wildman–Crippen MR) is 81.5 cm³/mol. The SMILES string of the molecule is C#CC(O)c1ccccc1OCC=C1CCCCCC1. The monoisotopic (exact) mass is 270 g/mol. The van der Waals surface area contributed by atoms with Gasteiger partial charge in [-0.2, -0.15) is 0 Å². The highest BCUT2D eigenvalue weighted by Gasteiger charge is 2.10. The van der Waals surface area contributed by atoms with Gasteiger partial charge in [0, 0.05) is 5.56 Å². The number of ether oxygens (including phenoxy) is 1. The maximum Gasteiger partial charge on any atom is 0.143 e. The van der Waals surface area contributed by atoms with Gasteiger partial charge in [-0.15, -0.1) is 6.42 Å². The molecule has 1 unspecified atom stereocenters. The Morgan fingerprint density at radius 3 is 2.60 bits per heavy atom. The normalized spacial score (nSPS) is 16.9. The number of rotatable bonds is 4. The van der Waals surface area contributed by atoms with Crippen LogP contribution in [-0.4, -0.2) is 11.7 Å². The molecule has 2 nitrogen and oxygen atoms in total. The summed E-state index contributed by atoms with van der Waals surface area (Å²) in [6.45, 7) is 0.545. The van der Waals surface area contributed by atoms with Gasteiger partial charge in [-0.3, -0.25) is 0 Å². The highest BCUT2D eigenvalue weighted by Crippen LogP contribution is 2.25. The van der Waals surface area contributed by atoms with Gasteiger partial charge in [-0.05, 0) is 37.8 Å². The van der Waals surface area contributed by atoms with Crippen molar-refractivity contribution in [3.63, 3.8) is 0 Å². The van der Waals surface area contributed by atoms with E-state index >= 15 is 0 Å². The van der Waals surface area contributed by atoms with Crippen LogP contribution in [0.15, 0.2) is 35.9 Å². The molecule has 2 rings (SSSR count). The topological polar surface area (TPSA) is 29.5 Å². The lowest BCUT2D eigenvalue weighted by molar-refractivity contribution is 0.230. The summed E-state index contributed by atoms with van der Waals surface area (Å²) in [6.07, 6.45) is 14.2. The second-order valence-corrected chi connectivity index (χ2v) is 5.19. The summed E-state index contributed by atoms with van der Waals surface area (Å²) < 4.78 is 5.77. The molecule has 0 heterocycles. The summed E-state index contributed by atoms with van der Waals surface area (Å²) >= 11 is 0. The smallest absolute Gasteiger partial charge is 0.143 e. The van der Waals surface area contributed by atoms with Gasteiger partial charge in [0.2, 0.25) is 0 Å². The molecule has 0 spiro atoms. The van der Waals surface area contributed by atoms with Crippen molar-refractivity contribution in [1.82, 2.24) is 0 Å². The highest BCUT2D eigenvalue weighted by molar-refractivity contribution is 5.38. The lowest BCUT2D eigenvalue weighted by atomic mass is 10.1. The maximum atomic E-state index is 9.76. The number of hydrogen-bond donors (Lipinski definition) is 1. The molecule has 0 radical (unpaired) electrons. The predicted octanol–water partition coefficient (Wildman–Crippen LogP) is 4.01. The fraction of sp³-hybridized carbons (Fsp3) is 0.444. The number of aliphatic hydroxyl groups is 1. The van der Waals surface area contributed by atoms with Crippen molar-refractivity contribution in [2.45, 2.75) is 44.6 Å². The van der Waals surface area contributed by atoms with Crippen molar-refractivity contribution < 1.29 is 9.84 Å². The Hall–Kier alpha value is -1.72. The van der Waals surface area contributed by atoms with Gasteiger partial charge in [0.05, 0.1) is 0 Å². The number of benzene rings is 1. The first kappa shape index (κ1) is 14.7. The molecule has 1 atom stereocenters. The first-order valence-corrected chi connectivity index (χ1v) is 7.35. The lowest BCUT2D eigenvalue weighted by Crippen LogP contribution is -2.02. The van der Waals surface area contributed by atoms with Crippen molar-refractivity contribution in [3.05, 3.63) is 41.5 Å². The van der Waals surface area contributed by atoms with E-state index in [1.807, 2.05) is 18.2 Å². The summed E-state index contributed by atoms with van der Waals surface area (Å²) in [7, 11) is 0. The van der Waals surface area contributed by atoms with Crippen LogP contribution >= 0.6 is 0 Å². The summed E-state index contributed by atoms with van der Waals surface area (Å²) in [5.74, 6) is 3.00. The Bertz CT molecular complexity index is 486. The first-order valence-electron chi connectivity index (χ1n) is 7.35. The molecule has 0 aromatic heterocycles. The Balaban J connectivity index is 1.97. The van der Waals surface area contributed by atoms with Crippen molar-refractivity contribution in [2.75, 3.05) is 6.61 Å². The summed E-state index contributed by atoms with van der Waals surface area (Å²) in [5.41, 5.74) is 2.16. The van der Waals surface area contributed by atoms with Crippen molar-refractivity contribution in [3.8, 4) is 18.1 Å². The molecule has 0 saturated heterocycles. The maximum absolute atomic E-state index is 9.76. The van der Waals surface area contributed by atoms with Crippen LogP contribution in [0.25, 0.3) is 0 Å². The zero-order valence-electron chi connectivity index (χ0n) is 11.8. The van der Waals surface area contributed by atoms with Crippen LogP contribution in [0.4, 0.5) is 0 Å². The van der Waals surface area contributed by atoms with Gasteiger partial charge >= 0.3 is 0 Å². The van der Waals surface area contributed by atoms with Gasteiger partial charge in [-0.1, -0.05) is 42.5 Å². The number of terminal acetylenes is 1. The van der Waals surface area contributed by atoms with Crippen molar-refractivity contribution in [1.29, 1.82) is 0 Å². The molecular formula is C18H22O2. The van der Waals surface area contributed by atoms with Crippen LogP contribution < -0.4 is 4.74 Å². The fourth-order valence-electron chi connectivity index (χ4n) is 2.56. The van der Waals surface area contributed by atoms with Crippen LogP contribution in [0.1, 0.15) is 50.2 Å². The van der Waals surface area contributed by atoms with E-state index in [4.69, 9.17) is 11.2 Å². The molecule has 20 heavy (non-hydrogen) atoms. The quantitative estimate of drug-likeness (QED) is 0.509. The van der Waals surface area contributed by atoms with Crippen LogP contribution in [0.3, 0.4) is 0 Å². The van der Waals surface area contributed by atoms with Gasteiger partial charge in [-0.25, -0.2) is 0 Å². The minimum Gasteiger partial charge on any atom is -0.489 e. The Morgan fingerprint density at radius 2 is 1.90 bits per heavy atom. The number of hydrogen-bond acceptors (Lipinski definition) is 2. The third kappa shape index (κ3) is 4.15. The highest BCUT2D eigenvalue weighted by atomic mass is 16.5. The van der Waals surface area contributed by atoms with Gasteiger partial charge < -0.3 is 9.84 Å². The average Bonchev–Trinajstić information content (AvgIpc) is 2.76. The largest absolute Gasteiger partial charge is 0.489 e. The zero-order valence-corrected chi connectivity index (χ0v) is 11.8. The third-order valence-electron chi connectivity index (χ3n) is 3.73. The van der Waals surface area contributed by atoms with Gasteiger partial charge in [0.15, 0.2) is 0 Å². The number of allylic oxidation sites excluding steroid dienone is 1. The summed E-state index contributed by atoms with van der Waals surface area (Å²) in [5, 5.41) is 9.76. The van der Waals surface area contributed by atoms with Crippen LogP contribution in [0, 0.1) is 12.3 Å². The van der Waals surface area contributed by atoms with E-state index in [1.165, 1.54) is 44.1 Å². The Morgan fingerprint density at radius 1 is 1.20 bits per heavy atom. The molecule has 0 bridgehead atoms. The van der Waals surface area contributed by atoms with E-state index in [0.717, 1.165) is 0 Å². The van der Waals surface area contributed by atoms with E-state index in [0.29, 0.717) is 17.9 Å². The van der Waals surface area contributed by atoms with E-state index < -0.39 is 6.10 Å². The minimum atomic E-state index is -0.906. The number of para-hydroxylation sites is 1. The van der Waals surface area contributed by atoms with Crippen LogP contribution in [0.5, 0.6) is 5.75 Å². The summed E-state index contributed by atoms with van der Waals surface area (Å²) in [4.78, 5) is 0. The van der Waals surface area contributed by atoms with E-state index in [1.54, 1.807) is 6.07 Å². The molecule has 1 aromatic carbocycles. The molecular weight excluding hydrogens is 248 g/mol. The second-order valence-electron chi connectivity index (χ2n) is 5.19. The van der Waals surface area contributed by atoms with Crippen molar-refractivity contribution in [2.24, 2.45) is 0 Å². The van der Waals surface area contributed by atoms with E-state index in [9.17, 15) is 5.11 Å². The fourth-order valence-corrected chi connectivity index (χ4v) is 2.56.